The van der Waals surface area contributed by atoms with E-state index in [9.17, 15) is 0 Å². The van der Waals surface area contributed by atoms with Crippen LogP contribution in [0.2, 0.25) is 0 Å². The van der Waals surface area contributed by atoms with Gasteiger partial charge in [-0.25, -0.2) is 0 Å². The van der Waals surface area contributed by atoms with Crippen LogP contribution in [-0.2, 0) is 25.6 Å². The monoisotopic (exact) mass is 403 g/mol. The molecule has 0 radical (unpaired) electrons. The SMILES string of the molecule is Cc1noc(CSc2nnc(-c3cc4c(s3)CCC(C(C)(C)C)C4)n2C)n1. The molecule has 0 fully saturated rings. The van der Waals surface area contributed by atoms with E-state index >= 15 is 0 Å². The van der Waals surface area contributed by atoms with Gasteiger partial charge < -0.3 is 9.09 Å². The Morgan fingerprint density at radius 2 is 2.15 bits per heavy atom. The standard InChI is InChI=1S/C19H25N5OS2/c1-11-20-16(25-23-11)10-26-18-22-21-17(24(18)5)15-9-12-8-13(19(2,3)4)6-7-14(12)27-15/h9,13H,6-8,10H2,1-5H3. The number of fused-ring (bicyclic) bond motifs is 1. The summed E-state index contributed by atoms with van der Waals surface area (Å²) < 4.78 is 7.23. The first-order valence-corrected chi connectivity index (χ1v) is 11.0. The van der Waals surface area contributed by atoms with Crippen LogP contribution in [-0.4, -0.2) is 24.9 Å². The van der Waals surface area contributed by atoms with Crippen molar-refractivity contribution in [1.29, 1.82) is 0 Å². The minimum atomic E-state index is 0.363. The zero-order chi connectivity index (χ0) is 19.2. The highest BCUT2D eigenvalue weighted by Crippen LogP contribution is 2.42. The Morgan fingerprint density at radius 1 is 1.33 bits per heavy atom. The van der Waals surface area contributed by atoms with E-state index < -0.39 is 0 Å². The van der Waals surface area contributed by atoms with Gasteiger partial charge in [0.25, 0.3) is 0 Å². The Kier molecular flexibility index (Phi) is 4.88. The molecular weight excluding hydrogens is 378 g/mol. The quantitative estimate of drug-likeness (QED) is 0.589. The highest BCUT2D eigenvalue weighted by molar-refractivity contribution is 7.98. The summed E-state index contributed by atoms with van der Waals surface area (Å²) in [7, 11) is 2.02. The average Bonchev–Trinajstić information content (AvgIpc) is 3.29. The molecule has 1 unspecified atom stereocenters. The van der Waals surface area contributed by atoms with Crippen LogP contribution in [0.25, 0.3) is 10.7 Å². The Hall–Kier alpha value is -1.67. The lowest BCUT2D eigenvalue weighted by atomic mass is 9.72. The number of nitrogens with zero attached hydrogens (tertiary/aromatic N) is 5. The number of hydrogen-bond acceptors (Lipinski definition) is 7. The predicted octanol–water partition coefficient (Wildman–Crippen LogP) is 4.68. The van der Waals surface area contributed by atoms with E-state index in [0.29, 0.717) is 22.9 Å². The van der Waals surface area contributed by atoms with Gasteiger partial charge in [0.2, 0.25) is 5.89 Å². The molecule has 0 amide bonds. The molecule has 0 saturated heterocycles. The van der Waals surface area contributed by atoms with Crippen molar-refractivity contribution in [3.05, 3.63) is 28.2 Å². The van der Waals surface area contributed by atoms with Crippen molar-refractivity contribution in [2.45, 2.75) is 57.9 Å². The molecule has 0 aliphatic heterocycles. The van der Waals surface area contributed by atoms with Crippen molar-refractivity contribution in [1.82, 2.24) is 24.9 Å². The minimum Gasteiger partial charge on any atom is -0.338 e. The lowest BCUT2D eigenvalue weighted by Crippen LogP contribution is -2.26. The zero-order valence-electron chi connectivity index (χ0n) is 16.4. The third-order valence-electron chi connectivity index (χ3n) is 5.26. The van der Waals surface area contributed by atoms with Gasteiger partial charge in [0, 0.05) is 11.9 Å². The lowest BCUT2D eigenvalue weighted by molar-refractivity contribution is 0.217. The van der Waals surface area contributed by atoms with Gasteiger partial charge in [-0.15, -0.1) is 21.5 Å². The highest BCUT2D eigenvalue weighted by Gasteiger charge is 2.30. The number of aryl methyl sites for hydroxylation is 2. The Bertz CT molecular complexity index is 950. The summed E-state index contributed by atoms with van der Waals surface area (Å²) in [6.07, 6.45) is 3.63. The zero-order valence-corrected chi connectivity index (χ0v) is 18.1. The molecule has 0 aromatic carbocycles. The van der Waals surface area contributed by atoms with Crippen molar-refractivity contribution < 1.29 is 4.52 Å². The van der Waals surface area contributed by atoms with Gasteiger partial charge in [0.05, 0.1) is 10.6 Å². The molecular formula is C19H25N5OS2. The Morgan fingerprint density at radius 3 is 2.85 bits per heavy atom. The molecule has 0 bridgehead atoms. The molecule has 0 saturated carbocycles. The molecule has 4 rings (SSSR count). The average molecular weight is 404 g/mol. The minimum absolute atomic E-state index is 0.363. The number of thiophene rings is 1. The van der Waals surface area contributed by atoms with Crippen molar-refractivity contribution in [3.8, 4) is 10.7 Å². The predicted molar refractivity (Wildman–Crippen MR) is 108 cm³/mol. The summed E-state index contributed by atoms with van der Waals surface area (Å²) in [5, 5.41) is 13.5. The van der Waals surface area contributed by atoms with E-state index in [4.69, 9.17) is 4.52 Å². The smallest absolute Gasteiger partial charge is 0.237 e. The maximum absolute atomic E-state index is 5.17. The van der Waals surface area contributed by atoms with Crippen molar-refractivity contribution in [2.24, 2.45) is 18.4 Å². The number of rotatable bonds is 4. The van der Waals surface area contributed by atoms with E-state index in [1.54, 1.807) is 11.8 Å². The molecule has 3 aromatic rings. The van der Waals surface area contributed by atoms with Crippen molar-refractivity contribution in [2.75, 3.05) is 0 Å². The summed E-state index contributed by atoms with van der Waals surface area (Å²) in [5.41, 5.74) is 1.86. The summed E-state index contributed by atoms with van der Waals surface area (Å²) >= 11 is 3.44. The molecule has 3 aromatic heterocycles. The molecule has 3 heterocycles. The molecule has 1 aliphatic carbocycles. The topological polar surface area (TPSA) is 69.6 Å². The molecule has 6 nitrogen and oxygen atoms in total. The third kappa shape index (κ3) is 3.82. The molecule has 27 heavy (non-hydrogen) atoms. The van der Waals surface area contributed by atoms with Gasteiger partial charge in [-0.3, -0.25) is 0 Å². The number of thioether (sulfide) groups is 1. The molecule has 1 aliphatic rings. The largest absolute Gasteiger partial charge is 0.338 e. The molecule has 1 atom stereocenters. The van der Waals surface area contributed by atoms with Crippen molar-refractivity contribution >= 4 is 23.1 Å². The van der Waals surface area contributed by atoms with Crippen LogP contribution in [0, 0.1) is 18.3 Å². The molecule has 144 valence electrons. The fourth-order valence-electron chi connectivity index (χ4n) is 3.55. The third-order valence-corrected chi connectivity index (χ3v) is 7.50. The van der Waals surface area contributed by atoms with Gasteiger partial charge in [-0.2, -0.15) is 4.98 Å². The Balaban J connectivity index is 1.52. The van der Waals surface area contributed by atoms with Crippen LogP contribution in [0.1, 0.15) is 49.3 Å². The van der Waals surface area contributed by atoms with Crippen LogP contribution in [0.3, 0.4) is 0 Å². The van der Waals surface area contributed by atoms with Crippen LogP contribution in [0.4, 0.5) is 0 Å². The van der Waals surface area contributed by atoms with Gasteiger partial charge in [0.1, 0.15) is 0 Å². The normalized spacial score (nSPS) is 17.3. The number of hydrogen-bond donors (Lipinski definition) is 0. The van der Waals surface area contributed by atoms with Crippen molar-refractivity contribution in [3.63, 3.8) is 0 Å². The first-order chi connectivity index (χ1) is 12.8. The maximum atomic E-state index is 5.17. The van der Waals surface area contributed by atoms with E-state index in [1.807, 2.05) is 25.3 Å². The summed E-state index contributed by atoms with van der Waals surface area (Å²) in [6, 6.07) is 2.33. The van der Waals surface area contributed by atoms with Crippen LogP contribution in [0.5, 0.6) is 0 Å². The van der Waals surface area contributed by atoms with Gasteiger partial charge in [-0.05, 0) is 49.1 Å². The highest BCUT2D eigenvalue weighted by atomic mass is 32.2. The second kappa shape index (κ2) is 7.05. The number of aromatic nitrogens is 5. The van der Waals surface area contributed by atoms with E-state index in [0.717, 1.165) is 16.9 Å². The van der Waals surface area contributed by atoms with Gasteiger partial charge >= 0.3 is 0 Å². The second-order valence-corrected chi connectivity index (χ2v) is 10.3. The van der Waals surface area contributed by atoms with Crippen LogP contribution in [0.15, 0.2) is 15.7 Å². The van der Waals surface area contributed by atoms with E-state index in [-0.39, 0.29) is 0 Å². The molecule has 0 N–H and O–H groups in total. The first-order valence-electron chi connectivity index (χ1n) is 9.24. The summed E-state index contributed by atoms with van der Waals surface area (Å²) in [6.45, 7) is 8.88. The van der Waals surface area contributed by atoms with Gasteiger partial charge in [-0.1, -0.05) is 37.7 Å². The first kappa shape index (κ1) is 18.7. The van der Waals surface area contributed by atoms with Gasteiger partial charge in [0.15, 0.2) is 16.8 Å². The summed E-state index contributed by atoms with van der Waals surface area (Å²) in [5.74, 6) is 3.55. The maximum Gasteiger partial charge on any atom is 0.237 e. The summed E-state index contributed by atoms with van der Waals surface area (Å²) in [4.78, 5) is 6.97. The fraction of sp³-hybridized carbons (Fsp3) is 0.579. The van der Waals surface area contributed by atoms with E-state index in [1.165, 1.54) is 34.6 Å². The molecule has 8 heteroatoms. The fourth-order valence-corrected chi connectivity index (χ4v) is 5.53. The van der Waals surface area contributed by atoms with Crippen LogP contribution >= 0.6 is 23.1 Å². The second-order valence-electron chi connectivity index (χ2n) is 8.25. The lowest BCUT2D eigenvalue weighted by Gasteiger charge is -2.33. The Labute approximate surface area is 167 Å². The van der Waals surface area contributed by atoms with E-state index in [2.05, 4.69) is 51.7 Å². The van der Waals surface area contributed by atoms with Crippen LogP contribution < -0.4 is 0 Å². The molecule has 0 spiro atoms.